The first-order valence-electron chi connectivity index (χ1n) is 7.22. The molecule has 0 aliphatic heterocycles. The molecule has 0 saturated heterocycles. The molecule has 0 radical (unpaired) electrons. The molecule has 2 rings (SSSR count). The van der Waals surface area contributed by atoms with Crippen molar-refractivity contribution in [3.05, 3.63) is 35.6 Å². The molecule has 1 aliphatic carbocycles. The van der Waals surface area contributed by atoms with E-state index >= 15 is 0 Å². The average molecular weight is 264 g/mol. The Labute approximate surface area is 115 Å². The van der Waals surface area contributed by atoms with Gasteiger partial charge in [0.05, 0.1) is 0 Å². The van der Waals surface area contributed by atoms with E-state index in [1.807, 2.05) is 6.07 Å². The first-order chi connectivity index (χ1) is 9.04. The summed E-state index contributed by atoms with van der Waals surface area (Å²) in [6, 6.07) is 6.88. The minimum absolute atomic E-state index is 0.0598. The fourth-order valence-corrected chi connectivity index (χ4v) is 3.42. The van der Waals surface area contributed by atoms with Crippen LogP contribution in [-0.4, -0.2) is 30.6 Å². The van der Waals surface area contributed by atoms with Gasteiger partial charge in [-0.25, -0.2) is 4.39 Å². The van der Waals surface area contributed by atoms with E-state index in [0.717, 1.165) is 24.8 Å². The van der Waals surface area contributed by atoms with Crippen molar-refractivity contribution in [1.29, 1.82) is 0 Å². The first kappa shape index (κ1) is 14.5. The number of nitrogens with zero attached hydrogens (tertiary/aromatic N) is 1. The molecule has 0 bridgehead atoms. The third-order valence-corrected chi connectivity index (χ3v) is 4.64. The highest BCUT2D eigenvalue weighted by Gasteiger charge is 2.39. The van der Waals surface area contributed by atoms with Gasteiger partial charge in [0.2, 0.25) is 0 Å². The van der Waals surface area contributed by atoms with Crippen molar-refractivity contribution >= 4 is 0 Å². The molecule has 1 fully saturated rings. The summed E-state index contributed by atoms with van der Waals surface area (Å²) < 4.78 is 13.3. The van der Waals surface area contributed by atoms with Gasteiger partial charge in [-0.2, -0.15) is 0 Å². The van der Waals surface area contributed by atoms with Crippen LogP contribution < -0.4 is 5.73 Å². The van der Waals surface area contributed by atoms with Crippen molar-refractivity contribution in [2.24, 2.45) is 5.73 Å². The highest BCUT2D eigenvalue weighted by Crippen LogP contribution is 2.35. The minimum Gasteiger partial charge on any atom is -0.326 e. The monoisotopic (exact) mass is 264 g/mol. The van der Waals surface area contributed by atoms with Gasteiger partial charge in [0.25, 0.3) is 0 Å². The molecular weight excluding hydrogens is 239 g/mol. The molecule has 0 aromatic heterocycles. The molecule has 1 aromatic rings. The summed E-state index contributed by atoms with van der Waals surface area (Å²) >= 11 is 0. The van der Waals surface area contributed by atoms with Gasteiger partial charge in [-0.05, 0) is 51.1 Å². The molecule has 1 unspecified atom stereocenters. The highest BCUT2D eigenvalue weighted by atomic mass is 19.1. The predicted molar refractivity (Wildman–Crippen MR) is 77.6 cm³/mol. The summed E-state index contributed by atoms with van der Waals surface area (Å²) in [7, 11) is 4.24. The second-order valence-corrected chi connectivity index (χ2v) is 6.00. The Morgan fingerprint density at radius 3 is 2.53 bits per heavy atom. The van der Waals surface area contributed by atoms with Crippen LogP contribution in [0.3, 0.4) is 0 Å². The molecule has 19 heavy (non-hydrogen) atoms. The molecule has 1 saturated carbocycles. The fraction of sp³-hybridized carbons (Fsp3) is 0.625. The van der Waals surface area contributed by atoms with Gasteiger partial charge in [0.1, 0.15) is 5.82 Å². The van der Waals surface area contributed by atoms with Gasteiger partial charge in [0, 0.05) is 11.6 Å². The molecule has 1 aliphatic rings. The van der Waals surface area contributed by atoms with Crippen LogP contribution in [-0.2, 0) is 6.42 Å². The topological polar surface area (TPSA) is 29.3 Å². The van der Waals surface area contributed by atoms with Crippen molar-refractivity contribution in [2.75, 3.05) is 14.1 Å². The summed E-state index contributed by atoms with van der Waals surface area (Å²) in [4.78, 5) is 2.29. The maximum Gasteiger partial charge on any atom is 0.123 e. The zero-order valence-electron chi connectivity index (χ0n) is 12.0. The number of likely N-dealkylation sites (N-methyl/N-ethyl adjacent to an activating group) is 1. The number of hydrogen-bond acceptors (Lipinski definition) is 2. The van der Waals surface area contributed by atoms with E-state index in [1.165, 1.54) is 25.3 Å². The largest absolute Gasteiger partial charge is 0.326 e. The number of rotatable bonds is 4. The molecule has 0 heterocycles. The standard InChI is InChI=1S/C16H25FN2/c1-19(2)16(9-4-3-5-10-16)15(18)12-13-7-6-8-14(17)11-13/h6-8,11,15H,3-5,9-10,12,18H2,1-2H3. The molecular formula is C16H25FN2. The summed E-state index contributed by atoms with van der Waals surface area (Å²) in [6.45, 7) is 0. The second kappa shape index (κ2) is 6.02. The summed E-state index contributed by atoms with van der Waals surface area (Å²) in [6.07, 6.45) is 6.84. The molecule has 2 N–H and O–H groups in total. The molecule has 1 atom stereocenters. The lowest BCUT2D eigenvalue weighted by atomic mass is 9.74. The van der Waals surface area contributed by atoms with E-state index in [1.54, 1.807) is 12.1 Å². The van der Waals surface area contributed by atoms with Gasteiger partial charge in [-0.3, -0.25) is 0 Å². The smallest absolute Gasteiger partial charge is 0.123 e. The van der Waals surface area contributed by atoms with Crippen LogP contribution in [0.5, 0.6) is 0 Å². The Hall–Kier alpha value is -0.930. The second-order valence-electron chi connectivity index (χ2n) is 6.00. The van der Waals surface area contributed by atoms with E-state index < -0.39 is 0 Å². The molecule has 2 nitrogen and oxygen atoms in total. The van der Waals surface area contributed by atoms with Crippen molar-refractivity contribution in [3.63, 3.8) is 0 Å². The van der Waals surface area contributed by atoms with Crippen molar-refractivity contribution in [3.8, 4) is 0 Å². The van der Waals surface area contributed by atoms with E-state index in [0.29, 0.717) is 0 Å². The highest BCUT2D eigenvalue weighted by molar-refractivity contribution is 5.19. The Kier molecular flexibility index (Phi) is 4.58. The molecule has 106 valence electrons. The molecule has 0 spiro atoms. The predicted octanol–water partition coefficient (Wildman–Crippen LogP) is 2.96. The lowest BCUT2D eigenvalue weighted by Crippen LogP contribution is -2.59. The summed E-state index contributed by atoms with van der Waals surface area (Å²) in [5.74, 6) is -0.174. The van der Waals surface area contributed by atoms with E-state index in [4.69, 9.17) is 5.73 Å². The van der Waals surface area contributed by atoms with Crippen molar-refractivity contribution in [1.82, 2.24) is 4.90 Å². The number of hydrogen-bond donors (Lipinski definition) is 1. The van der Waals surface area contributed by atoms with Crippen molar-refractivity contribution in [2.45, 2.75) is 50.1 Å². The van der Waals surface area contributed by atoms with Crippen LogP contribution in [0.2, 0.25) is 0 Å². The third-order valence-electron chi connectivity index (χ3n) is 4.64. The van der Waals surface area contributed by atoms with Crippen LogP contribution in [0.25, 0.3) is 0 Å². The number of benzene rings is 1. The van der Waals surface area contributed by atoms with E-state index in [2.05, 4.69) is 19.0 Å². The SMILES string of the molecule is CN(C)C1(C(N)Cc2cccc(F)c2)CCCCC1. The lowest BCUT2D eigenvalue weighted by molar-refractivity contribution is 0.0715. The maximum absolute atomic E-state index is 13.3. The zero-order valence-corrected chi connectivity index (χ0v) is 12.0. The Bertz CT molecular complexity index is 411. The number of halogens is 1. The Morgan fingerprint density at radius 2 is 1.95 bits per heavy atom. The fourth-order valence-electron chi connectivity index (χ4n) is 3.42. The van der Waals surface area contributed by atoms with Gasteiger partial charge in [0.15, 0.2) is 0 Å². The van der Waals surface area contributed by atoms with Crippen LogP contribution in [0, 0.1) is 5.82 Å². The van der Waals surface area contributed by atoms with Gasteiger partial charge in [-0.1, -0.05) is 31.4 Å². The molecule has 1 aromatic carbocycles. The van der Waals surface area contributed by atoms with Crippen LogP contribution >= 0.6 is 0 Å². The summed E-state index contributed by atoms with van der Waals surface area (Å²) in [5, 5.41) is 0. The van der Waals surface area contributed by atoms with Crippen LogP contribution in [0.4, 0.5) is 4.39 Å². The first-order valence-corrected chi connectivity index (χ1v) is 7.22. The quantitative estimate of drug-likeness (QED) is 0.906. The number of nitrogens with two attached hydrogens (primary N) is 1. The van der Waals surface area contributed by atoms with Gasteiger partial charge in [-0.15, -0.1) is 0 Å². The normalized spacial score (nSPS) is 20.5. The Balaban J connectivity index is 2.13. The average Bonchev–Trinajstić information content (AvgIpc) is 2.39. The summed E-state index contributed by atoms with van der Waals surface area (Å²) in [5.41, 5.74) is 7.58. The van der Waals surface area contributed by atoms with E-state index in [9.17, 15) is 4.39 Å². The van der Waals surface area contributed by atoms with Crippen LogP contribution in [0.1, 0.15) is 37.7 Å². The van der Waals surface area contributed by atoms with Gasteiger partial charge < -0.3 is 10.6 Å². The minimum atomic E-state index is -0.174. The molecule has 3 heteroatoms. The lowest BCUT2D eigenvalue weighted by Gasteiger charge is -2.47. The maximum atomic E-state index is 13.3. The van der Waals surface area contributed by atoms with Gasteiger partial charge >= 0.3 is 0 Å². The van der Waals surface area contributed by atoms with E-state index in [-0.39, 0.29) is 17.4 Å². The Morgan fingerprint density at radius 1 is 1.26 bits per heavy atom. The third kappa shape index (κ3) is 3.15. The zero-order chi connectivity index (χ0) is 13.9. The van der Waals surface area contributed by atoms with Crippen LogP contribution in [0.15, 0.2) is 24.3 Å². The van der Waals surface area contributed by atoms with Crippen molar-refractivity contribution < 1.29 is 4.39 Å². The molecule has 0 amide bonds.